The molecule has 1 atom stereocenters. The molecule has 148 valence electrons. The molecule has 0 saturated heterocycles. The smallest absolute Gasteiger partial charge is 0.226 e. The van der Waals surface area contributed by atoms with Gasteiger partial charge in [-0.25, -0.2) is 19.5 Å². The Morgan fingerprint density at radius 1 is 1.14 bits per heavy atom. The number of aryl methyl sites for hydroxylation is 1. The molecule has 7 heteroatoms. The number of aromatic amines is 1. The quantitative estimate of drug-likeness (QED) is 0.569. The molecule has 1 aliphatic heterocycles. The minimum absolute atomic E-state index is 0.0221. The molecule has 0 amide bonds. The minimum Gasteiger partial charge on any atom is -0.348 e. The summed E-state index contributed by atoms with van der Waals surface area (Å²) in [5.41, 5.74) is 6.56. The lowest BCUT2D eigenvalue weighted by Gasteiger charge is -2.34. The Morgan fingerprint density at radius 2 is 1.93 bits per heavy atom. The topological polar surface area (TPSA) is 75.0 Å². The summed E-state index contributed by atoms with van der Waals surface area (Å²) in [5.74, 6) is 0.713. The predicted molar refractivity (Wildman–Crippen MR) is 112 cm³/mol. The van der Waals surface area contributed by atoms with Crippen LogP contribution in [-0.2, 0) is 11.8 Å². The third-order valence-electron chi connectivity index (χ3n) is 5.70. The summed E-state index contributed by atoms with van der Waals surface area (Å²) < 4.78 is 1.94. The summed E-state index contributed by atoms with van der Waals surface area (Å²) in [5, 5.41) is 4.87. The van der Waals surface area contributed by atoms with Gasteiger partial charge in [0.2, 0.25) is 5.95 Å². The van der Waals surface area contributed by atoms with Crippen molar-refractivity contribution < 1.29 is 0 Å². The summed E-state index contributed by atoms with van der Waals surface area (Å²) in [6.07, 6.45) is 8.51. The van der Waals surface area contributed by atoms with E-state index in [2.05, 4.69) is 54.7 Å². The number of nitrogens with one attached hydrogen (secondary N) is 1. The van der Waals surface area contributed by atoms with Crippen molar-refractivity contribution in [3.8, 4) is 0 Å². The fraction of sp³-hybridized carbons (Fsp3) is 0.364. The van der Waals surface area contributed by atoms with Gasteiger partial charge in [0.05, 0.1) is 23.2 Å². The summed E-state index contributed by atoms with van der Waals surface area (Å²) in [6, 6.07) is 6.16. The largest absolute Gasteiger partial charge is 0.348 e. The van der Waals surface area contributed by atoms with Crippen molar-refractivity contribution in [2.45, 2.75) is 45.6 Å². The first-order valence-corrected chi connectivity index (χ1v) is 9.98. The van der Waals surface area contributed by atoms with Gasteiger partial charge in [0, 0.05) is 37.3 Å². The number of hydrogen-bond acceptors (Lipinski definition) is 5. The van der Waals surface area contributed by atoms with E-state index in [4.69, 9.17) is 15.1 Å². The predicted octanol–water partition coefficient (Wildman–Crippen LogP) is 3.61. The molecule has 5 heterocycles. The molecule has 0 radical (unpaired) electrons. The van der Waals surface area contributed by atoms with E-state index in [9.17, 15) is 0 Å². The summed E-state index contributed by atoms with van der Waals surface area (Å²) in [7, 11) is 0. The number of aromatic nitrogens is 6. The number of fused-ring (bicyclic) bond motifs is 2. The molecule has 7 nitrogen and oxygen atoms in total. The van der Waals surface area contributed by atoms with Crippen LogP contribution in [0.5, 0.6) is 0 Å². The molecular weight excluding hydrogens is 362 g/mol. The first-order chi connectivity index (χ1) is 13.9. The lowest BCUT2D eigenvalue weighted by atomic mass is 9.89. The van der Waals surface area contributed by atoms with E-state index in [1.807, 2.05) is 29.2 Å². The summed E-state index contributed by atoms with van der Waals surface area (Å²) in [4.78, 5) is 19.6. The maximum atomic E-state index is 4.87. The van der Waals surface area contributed by atoms with Gasteiger partial charge in [-0.2, -0.15) is 5.10 Å². The van der Waals surface area contributed by atoms with Gasteiger partial charge in [-0.05, 0) is 35.6 Å². The number of pyridine rings is 1. The van der Waals surface area contributed by atoms with Crippen LogP contribution in [-0.4, -0.2) is 36.1 Å². The van der Waals surface area contributed by atoms with Crippen molar-refractivity contribution in [3.63, 3.8) is 0 Å². The molecule has 1 aliphatic rings. The zero-order valence-corrected chi connectivity index (χ0v) is 17.2. The van der Waals surface area contributed by atoms with Crippen molar-refractivity contribution in [2.24, 2.45) is 0 Å². The van der Waals surface area contributed by atoms with E-state index in [0.717, 1.165) is 41.1 Å². The average Bonchev–Trinajstić information content (AvgIpc) is 3.34. The first-order valence-electron chi connectivity index (χ1n) is 9.98. The normalized spacial score (nSPS) is 17.0. The molecule has 0 unspecified atom stereocenters. The Morgan fingerprint density at radius 3 is 2.66 bits per heavy atom. The Labute approximate surface area is 169 Å². The van der Waals surface area contributed by atoms with E-state index in [1.54, 1.807) is 6.33 Å². The molecule has 0 fully saturated rings. The van der Waals surface area contributed by atoms with E-state index < -0.39 is 0 Å². The fourth-order valence-electron chi connectivity index (χ4n) is 3.96. The van der Waals surface area contributed by atoms with Gasteiger partial charge in [0.25, 0.3) is 0 Å². The van der Waals surface area contributed by atoms with Gasteiger partial charge >= 0.3 is 0 Å². The van der Waals surface area contributed by atoms with Crippen molar-refractivity contribution >= 4 is 11.5 Å². The third-order valence-corrected chi connectivity index (χ3v) is 5.70. The Hall–Kier alpha value is -3.22. The van der Waals surface area contributed by atoms with Crippen LogP contribution < -0.4 is 4.90 Å². The van der Waals surface area contributed by atoms with Crippen LogP contribution in [0.3, 0.4) is 0 Å². The summed E-state index contributed by atoms with van der Waals surface area (Å²) in [6.45, 7) is 9.42. The molecule has 4 aromatic rings. The highest BCUT2D eigenvalue weighted by molar-refractivity contribution is 5.57. The molecule has 29 heavy (non-hydrogen) atoms. The maximum absolute atomic E-state index is 4.87. The molecule has 0 bridgehead atoms. The van der Waals surface area contributed by atoms with Gasteiger partial charge in [-0.3, -0.25) is 0 Å². The Bertz CT molecular complexity index is 1160. The van der Waals surface area contributed by atoms with Crippen molar-refractivity contribution in [1.29, 1.82) is 0 Å². The number of imidazole rings is 1. The Balaban J connectivity index is 1.61. The van der Waals surface area contributed by atoms with E-state index >= 15 is 0 Å². The van der Waals surface area contributed by atoms with Crippen LogP contribution in [0.2, 0.25) is 0 Å². The average molecular weight is 387 g/mol. The standard InChI is InChI=1S/C22H25N7/c1-14-6-5-8-29-18(14)10-17(27-29)20-19-16(25-13-26-19)7-9-28(20)21-23-11-15(12-24-21)22(2,3)4/h5-6,8,10-13,20H,7,9H2,1-4H3,(H,25,26)/t20-/m0/s1. The molecule has 0 aliphatic carbocycles. The van der Waals surface area contributed by atoms with Crippen LogP contribution in [0.25, 0.3) is 5.52 Å². The van der Waals surface area contributed by atoms with Gasteiger partial charge in [0.1, 0.15) is 6.04 Å². The Kier molecular flexibility index (Phi) is 3.94. The fourth-order valence-corrected chi connectivity index (χ4v) is 3.96. The second-order valence-electron chi connectivity index (χ2n) is 8.72. The molecule has 1 N–H and O–H groups in total. The van der Waals surface area contributed by atoms with Crippen LogP contribution in [0.15, 0.2) is 43.1 Å². The number of anilines is 1. The zero-order valence-electron chi connectivity index (χ0n) is 17.2. The minimum atomic E-state index is -0.121. The molecule has 0 spiro atoms. The molecule has 4 aromatic heterocycles. The lowest BCUT2D eigenvalue weighted by molar-refractivity contribution is 0.575. The third kappa shape index (κ3) is 2.97. The number of hydrogen-bond donors (Lipinski definition) is 1. The second kappa shape index (κ2) is 6.40. The van der Waals surface area contributed by atoms with Crippen molar-refractivity contribution in [3.05, 3.63) is 71.3 Å². The molecular formula is C22H25N7. The van der Waals surface area contributed by atoms with Gasteiger partial charge in [-0.15, -0.1) is 0 Å². The van der Waals surface area contributed by atoms with Gasteiger partial charge in [-0.1, -0.05) is 26.8 Å². The highest BCUT2D eigenvalue weighted by Gasteiger charge is 2.34. The van der Waals surface area contributed by atoms with Crippen molar-refractivity contribution in [2.75, 3.05) is 11.4 Å². The number of nitrogens with zero attached hydrogens (tertiary/aromatic N) is 6. The zero-order chi connectivity index (χ0) is 20.2. The number of H-pyrrole nitrogens is 1. The highest BCUT2D eigenvalue weighted by atomic mass is 15.3. The van der Waals surface area contributed by atoms with E-state index in [0.29, 0.717) is 5.95 Å². The van der Waals surface area contributed by atoms with Crippen LogP contribution in [0.4, 0.5) is 5.95 Å². The molecule has 5 rings (SSSR count). The molecule has 0 saturated carbocycles. The van der Waals surface area contributed by atoms with Gasteiger partial charge in [0.15, 0.2) is 0 Å². The van der Waals surface area contributed by atoms with Gasteiger partial charge < -0.3 is 9.88 Å². The number of rotatable bonds is 2. The highest BCUT2D eigenvalue weighted by Crippen LogP contribution is 2.35. The monoisotopic (exact) mass is 387 g/mol. The van der Waals surface area contributed by atoms with Crippen LogP contribution in [0, 0.1) is 6.92 Å². The van der Waals surface area contributed by atoms with E-state index in [1.165, 1.54) is 5.56 Å². The summed E-state index contributed by atoms with van der Waals surface area (Å²) >= 11 is 0. The van der Waals surface area contributed by atoms with E-state index in [-0.39, 0.29) is 11.5 Å². The molecule has 0 aromatic carbocycles. The van der Waals surface area contributed by atoms with Crippen LogP contribution in [0.1, 0.15) is 55.0 Å². The SMILES string of the molecule is Cc1cccn2nc([C@H]3c4nc[nH]c4CCN3c3ncc(C(C)(C)C)cn3)cc12. The van der Waals surface area contributed by atoms with Crippen LogP contribution >= 0.6 is 0 Å². The van der Waals surface area contributed by atoms with Crippen molar-refractivity contribution in [1.82, 2.24) is 29.5 Å². The maximum Gasteiger partial charge on any atom is 0.226 e. The second-order valence-corrected chi connectivity index (χ2v) is 8.72. The lowest BCUT2D eigenvalue weighted by Crippen LogP contribution is -2.37. The first kappa shape index (κ1) is 17.8.